The Bertz CT molecular complexity index is 919. The molecular formula is C14H13NaO6S2. The fourth-order valence-corrected chi connectivity index (χ4v) is 3.88. The second kappa shape index (κ2) is 7.71. The van der Waals surface area contributed by atoms with Gasteiger partial charge in [-0.25, -0.2) is 0 Å². The fourth-order valence-electron chi connectivity index (χ4n) is 1.89. The Labute approximate surface area is 156 Å². The van der Waals surface area contributed by atoms with Crippen LogP contribution in [0.25, 0.3) is 12.2 Å². The van der Waals surface area contributed by atoms with E-state index in [-0.39, 0.29) is 35.1 Å². The van der Waals surface area contributed by atoms with E-state index in [2.05, 4.69) is 0 Å². The van der Waals surface area contributed by atoms with E-state index in [4.69, 9.17) is 4.55 Å². The predicted octanol–water partition coefficient (Wildman–Crippen LogP) is 1.70. The van der Waals surface area contributed by atoms with E-state index in [1.807, 2.05) is 0 Å². The van der Waals surface area contributed by atoms with Crippen molar-refractivity contribution in [1.82, 2.24) is 0 Å². The van der Waals surface area contributed by atoms with Crippen LogP contribution in [-0.4, -0.2) is 55.5 Å². The third kappa shape index (κ3) is 5.25. The van der Waals surface area contributed by atoms with Crippen LogP contribution in [0.2, 0.25) is 0 Å². The van der Waals surface area contributed by atoms with Gasteiger partial charge in [-0.2, -0.15) is 16.8 Å². The second-order valence-electron chi connectivity index (χ2n) is 4.37. The van der Waals surface area contributed by atoms with Crippen molar-refractivity contribution in [3.8, 4) is 0 Å². The van der Waals surface area contributed by atoms with Crippen LogP contribution in [0.4, 0.5) is 0 Å². The second-order valence-corrected chi connectivity index (χ2v) is 7.12. The molecule has 0 bridgehead atoms. The third-order valence-electron chi connectivity index (χ3n) is 2.80. The molecule has 0 aliphatic carbocycles. The summed E-state index contributed by atoms with van der Waals surface area (Å²) in [6.45, 7) is 0. The molecule has 2 rings (SSSR count). The van der Waals surface area contributed by atoms with Gasteiger partial charge in [0.15, 0.2) is 0 Å². The molecule has 118 valence electrons. The van der Waals surface area contributed by atoms with E-state index in [0.717, 1.165) is 11.6 Å². The molecule has 0 saturated carbocycles. The third-order valence-corrected chi connectivity index (χ3v) is 4.80. The summed E-state index contributed by atoms with van der Waals surface area (Å²) < 4.78 is 63.9. The maximum atomic E-state index is 11.5. The molecule has 0 spiro atoms. The SMILES string of the molecule is O=S(=O)(O)c1cccc(C=Cc2ccccc2)c1S(=O)(=O)O.[NaH]. The van der Waals surface area contributed by atoms with Gasteiger partial charge in [-0.1, -0.05) is 54.6 Å². The van der Waals surface area contributed by atoms with Crippen molar-refractivity contribution in [3.05, 3.63) is 59.7 Å². The van der Waals surface area contributed by atoms with Crippen LogP contribution in [0.3, 0.4) is 0 Å². The Morgan fingerprint density at radius 1 is 0.739 bits per heavy atom. The van der Waals surface area contributed by atoms with Gasteiger partial charge in [0.2, 0.25) is 0 Å². The Hall–Kier alpha value is -1.000. The van der Waals surface area contributed by atoms with Gasteiger partial charge in [0, 0.05) is 0 Å². The van der Waals surface area contributed by atoms with Crippen molar-refractivity contribution < 1.29 is 25.9 Å². The molecule has 0 fully saturated rings. The van der Waals surface area contributed by atoms with Crippen molar-refractivity contribution in [2.75, 3.05) is 0 Å². The van der Waals surface area contributed by atoms with Crippen molar-refractivity contribution in [2.24, 2.45) is 0 Å². The van der Waals surface area contributed by atoms with E-state index in [1.165, 1.54) is 18.2 Å². The molecule has 0 atom stereocenters. The van der Waals surface area contributed by atoms with E-state index in [1.54, 1.807) is 36.4 Å². The Morgan fingerprint density at radius 3 is 1.87 bits per heavy atom. The molecule has 0 aliphatic heterocycles. The van der Waals surface area contributed by atoms with E-state index < -0.39 is 30.0 Å². The summed E-state index contributed by atoms with van der Waals surface area (Å²) in [6.07, 6.45) is 2.89. The maximum absolute atomic E-state index is 11.5. The summed E-state index contributed by atoms with van der Waals surface area (Å²) in [5.41, 5.74) is 0.697. The van der Waals surface area contributed by atoms with Gasteiger partial charge in [0.1, 0.15) is 9.79 Å². The van der Waals surface area contributed by atoms with E-state index >= 15 is 0 Å². The van der Waals surface area contributed by atoms with Gasteiger partial charge in [0.05, 0.1) is 0 Å². The van der Waals surface area contributed by atoms with Gasteiger partial charge >= 0.3 is 29.6 Å². The van der Waals surface area contributed by atoms with Crippen LogP contribution in [0.1, 0.15) is 11.1 Å². The average Bonchev–Trinajstić information content (AvgIpc) is 2.44. The molecule has 9 heteroatoms. The van der Waals surface area contributed by atoms with Crippen LogP contribution in [-0.2, 0) is 20.2 Å². The van der Waals surface area contributed by atoms with Gasteiger partial charge in [0.25, 0.3) is 20.2 Å². The molecule has 0 unspecified atom stereocenters. The summed E-state index contributed by atoms with van der Waals surface area (Å²) in [4.78, 5) is -1.73. The molecule has 0 aliphatic rings. The molecule has 0 heterocycles. The standard InChI is InChI=1S/C14H12O6S2.Na.H/c15-21(16,17)13-8-4-7-12(14(13)22(18,19)20)10-9-11-5-2-1-3-6-11;;/h1-10H,(H,15,16,17)(H,18,19,20);;. The minimum absolute atomic E-state index is 0. The topological polar surface area (TPSA) is 109 Å². The average molecular weight is 364 g/mol. The van der Waals surface area contributed by atoms with Crippen LogP contribution >= 0.6 is 0 Å². The molecule has 2 N–H and O–H groups in total. The molecule has 0 saturated heterocycles. The fraction of sp³-hybridized carbons (Fsp3) is 0. The number of hydrogen-bond acceptors (Lipinski definition) is 4. The summed E-state index contributed by atoms with van der Waals surface area (Å²) in [5, 5.41) is 0. The molecule has 0 radical (unpaired) electrons. The summed E-state index contributed by atoms with van der Waals surface area (Å²) in [7, 11) is -9.64. The first kappa shape index (κ1) is 20.0. The van der Waals surface area contributed by atoms with Crippen molar-refractivity contribution in [1.29, 1.82) is 0 Å². The Morgan fingerprint density at radius 2 is 1.35 bits per heavy atom. The summed E-state index contributed by atoms with van der Waals surface area (Å²) >= 11 is 0. The first-order valence-corrected chi connectivity index (χ1v) is 8.89. The molecule has 0 aromatic heterocycles. The van der Waals surface area contributed by atoms with Crippen LogP contribution in [0.15, 0.2) is 58.3 Å². The minimum atomic E-state index is -4.84. The summed E-state index contributed by atoms with van der Waals surface area (Å²) in [6, 6.07) is 12.4. The molecule has 23 heavy (non-hydrogen) atoms. The van der Waals surface area contributed by atoms with Gasteiger partial charge in [-0.05, 0) is 17.2 Å². The molecule has 2 aromatic carbocycles. The van der Waals surface area contributed by atoms with E-state index in [9.17, 15) is 21.4 Å². The number of rotatable bonds is 4. The van der Waals surface area contributed by atoms with E-state index in [0.29, 0.717) is 0 Å². The van der Waals surface area contributed by atoms with Crippen LogP contribution in [0, 0.1) is 0 Å². The number of benzene rings is 2. The molecule has 2 aromatic rings. The van der Waals surface area contributed by atoms with Gasteiger partial charge in [-0.3, -0.25) is 9.11 Å². The number of hydrogen-bond donors (Lipinski definition) is 2. The quantitative estimate of drug-likeness (QED) is 0.486. The van der Waals surface area contributed by atoms with Crippen LogP contribution < -0.4 is 0 Å². The van der Waals surface area contributed by atoms with Crippen molar-refractivity contribution in [2.45, 2.75) is 9.79 Å². The zero-order valence-electron chi connectivity index (χ0n) is 11.1. The van der Waals surface area contributed by atoms with Crippen molar-refractivity contribution >= 4 is 61.9 Å². The van der Waals surface area contributed by atoms with Crippen molar-refractivity contribution in [3.63, 3.8) is 0 Å². The van der Waals surface area contributed by atoms with Crippen LogP contribution in [0.5, 0.6) is 0 Å². The monoisotopic (exact) mass is 364 g/mol. The predicted molar refractivity (Wildman–Crippen MR) is 88.6 cm³/mol. The Balaban J connectivity index is 0.00000264. The van der Waals surface area contributed by atoms with Gasteiger partial charge in [-0.15, -0.1) is 0 Å². The molecular weight excluding hydrogens is 351 g/mol. The molecule has 0 amide bonds. The first-order valence-electron chi connectivity index (χ1n) is 6.01. The zero-order chi connectivity index (χ0) is 16.4. The normalized spacial score (nSPS) is 12.1. The zero-order valence-corrected chi connectivity index (χ0v) is 12.8. The van der Waals surface area contributed by atoms with Gasteiger partial charge < -0.3 is 0 Å². The summed E-state index contributed by atoms with van der Waals surface area (Å²) in [5.74, 6) is 0. The Kier molecular flexibility index (Phi) is 6.72. The molecule has 6 nitrogen and oxygen atoms in total. The first-order chi connectivity index (χ1) is 10.2.